The number of amides is 2. The Morgan fingerprint density at radius 2 is 1.90 bits per heavy atom. The predicted octanol–water partition coefficient (Wildman–Crippen LogP) is 0.279. The van der Waals surface area contributed by atoms with Gasteiger partial charge in [0.15, 0.2) is 0 Å². The van der Waals surface area contributed by atoms with Gasteiger partial charge >= 0.3 is 0 Å². The van der Waals surface area contributed by atoms with Crippen LogP contribution in [-0.2, 0) is 4.79 Å². The van der Waals surface area contributed by atoms with Crippen LogP contribution in [-0.4, -0.2) is 63.0 Å². The number of carbonyl (C=O) groups is 2. The quantitative estimate of drug-likeness (QED) is 0.841. The van der Waals surface area contributed by atoms with Gasteiger partial charge in [-0.15, -0.1) is 0 Å². The van der Waals surface area contributed by atoms with E-state index in [2.05, 4.69) is 15.2 Å². The second-order valence-corrected chi connectivity index (χ2v) is 5.46. The van der Waals surface area contributed by atoms with Crippen LogP contribution in [0.5, 0.6) is 0 Å². The second kappa shape index (κ2) is 5.60. The molecule has 7 heteroatoms. The van der Waals surface area contributed by atoms with Crippen LogP contribution in [0.25, 0.3) is 0 Å². The SMILES string of the molecule is O=C(c1ncn[nH]1)N1CCCC(C(=O)N2CCCC2)C1. The Morgan fingerprint density at radius 3 is 2.60 bits per heavy atom. The number of nitrogens with one attached hydrogen (secondary N) is 1. The summed E-state index contributed by atoms with van der Waals surface area (Å²) in [6, 6.07) is 0. The topological polar surface area (TPSA) is 82.2 Å². The van der Waals surface area contributed by atoms with E-state index < -0.39 is 0 Å². The Kier molecular flexibility index (Phi) is 3.66. The summed E-state index contributed by atoms with van der Waals surface area (Å²) in [7, 11) is 0. The molecule has 108 valence electrons. The minimum Gasteiger partial charge on any atom is -0.342 e. The zero-order valence-corrected chi connectivity index (χ0v) is 11.4. The molecule has 0 aromatic carbocycles. The van der Waals surface area contributed by atoms with Crippen LogP contribution >= 0.6 is 0 Å². The first-order valence-electron chi connectivity index (χ1n) is 7.19. The summed E-state index contributed by atoms with van der Waals surface area (Å²) in [5.41, 5.74) is 0. The van der Waals surface area contributed by atoms with Gasteiger partial charge in [0.05, 0.1) is 5.92 Å². The standard InChI is InChI=1S/C13H19N5O2/c19-12(17-5-1-2-6-17)10-4-3-7-18(8-10)13(20)11-14-9-15-16-11/h9-10H,1-8H2,(H,14,15,16). The molecule has 1 unspecified atom stereocenters. The lowest BCUT2D eigenvalue weighted by molar-refractivity contribution is -0.135. The minimum absolute atomic E-state index is 0.0614. The summed E-state index contributed by atoms with van der Waals surface area (Å²) in [5, 5.41) is 6.28. The van der Waals surface area contributed by atoms with Crippen molar-refractivity contribution in [1.29, 1.82) is 0 Å². The molecule has 2 aliphatic rings. The van der Waals surface area contributed by atoms with E-state index in [9.17, 15) is 9.59 Å². The summed E-state index contributed by atoms with van der Waals surface area (Å²) in [6.45, 7) is 2.91. The molecule has 0 aliphatic carbocycles. The van der Waals surface area contributed by atoms with Gasteiger partial charge in [0.25, 0.3) is 5.91 Å². The lowest BCUT2D eigenvalue weighted by atomic mass is 9.96. The number of carbonyl (C=O) groups excluding carboxylic acids is 2. The molecule has 3 rings (SSSR count). The number of piperidine rings is 1. The van der Waals surface area contributed by atoms with E-state index >= 15 is 0 Å². The number of H-pyrrole nitrogens is 1. The van der Waals surface area contributed by atoms with Gasteiger partial charge in [-0.05, 0) is 25.7 Å². The first kappa shape index (κ1) is 13.1. The van der Waals surface area contributed by atoms with Gasteiger partial charge in [0.2, 0.25) is 11.7 Å². The van der Waals surface area contributed by atoms with E-state index in [0.29, 0.717) is 13.1 Å². The predicted molar refractivity (Wildman–Crippen MR) is 70.8 cm³/mol. The number of rotatable bonds is 2. The van der Waals surface area contributed by atoms with E-state index in [1.165, 1.54) is 6.33 Å². The molecule has 2 amide bonds. The Labute approximate surface area is 117 Å². The van der Waals surface area contributed by atoms with Crippen LogP contribution in [0.15, 0.2) is 6.33 Å². The molecule has 0 spiro atoms. The third-order valence-electron chi connectivity index (χ3n) is 4.09. The Hall–Kier alpha value is -1.92. The molecule has 20 heavy (non-hydrogen) atoms. The molecule has 2 aliphatic heterocycles. The monoisotopic (exact) mass is 277 g/mol. The van der Waals surface area contributed by atoms with Gasteiger partial charge in [0.1, 0.15) is 6.33 Å². The number of likely N-dealkylation sites (tertiary alicyclic amines) is 2. The summed E-state index contributed by atoms with van der Waals surface area (Å²) < 4.78 is 0. The largest absolute Gasteiger partial charge is 0.342 e. The van der Waals surface area contributed by atoms with Crippen molar-refractivity contribution in [3.05, 3.63) is 12.2 Å². The molecular formula is C13H19N5O2. The third kappa shape index (κ3) is 2.52. The maximum Gasteiger partial charge on any atom is 0.291 e. The molecule has 7 nitrogen and oxygen atoms in total. The third-order valence-corrected chi connectivity index (χ3v) is 4.09. The number of nitrogens with zero attached hydrogens (tertiary/aromatic N) is 4. The molecule has 0 saturated carbocycles. The number of hydrogen-bond acceptors (Lipinski definition) is 4. The van der Waals surface area contributed by atoms with Crippen LogP contribution in [0.1, 0.15) is 36.3 Å². The maximum atomic E-state index is 12.4. The first-order chi connectivity index (χ1) is 9.75. The molecular weight excluding hydrogens is 258 g/mol. The summed E-state index contributed by atoms with van der Waals surface area (Å²) >= 11 is 0. The van der Waals surface area contributed by atoms with E-state index in [0.717, 1.165) is 38.8 Å². The van der Waals surface area contributed by atoms with Crippen molar-refractivity contribution in [2.75, 3.05) is 26.2 Å². The average Bonchev–Trinajstić information content (AvgIpc) is 3.18. The van der Waals surface area contributed by atoms with Crippen molar-refractivity contribution in [2.45, 2.75) is 25.7 Å². The fraction of sp³-hybridized carbons (Fsp3) is 0.692. The van der Waals surface area contributed by atoms with Crippen molar-refractivity contribution < 1.29 is 9.59 Å². The smallest absolute Gasteiger partial charge is 0.291 e. The molecule has 1 atom stereocenters. The van der Waals surface area contributed by atoms with Crippen LogP contribution < -0.4 is 0 Å². The lowest BCUT2D eigenvalue weighted by Gasteiger charge is -2.33. The van der Waals surface area contributed by atoms with Gasteiger partial charge in [-0.1, -0.05) is 0 Å². The molecule has 1 N–H and O–H groups in total. The Bertz CT molecular complexity index is 481. The van der Waals surface area contributed by atoms with Gasteiger partial charge in [0, 0.05) is 26.2 Å². The van der Waals surface area contributed by atoms with E-state index in [1.807, 2.05) is 4.90 Å². The van der Waals surface area contributed by atoms with Gasteiger partial charge in [-0.2, -0.15) is 5.10 Å². The molecule has 3 heterocycles. The summed E-state index contributed by atoms with van der Waals surface area (Å²) in [4.78, 5) is 32.2. The van der Waals surface area contributed by atoms with Crippen LogP contribution in [0.2, 0.25) is 0 Å². The fourth-order valence-corrected chi connectivity index (χ4v) is 3.02. The lowest BCUT2D eigenvalue weighted by Crippen LogP contribution is -2.46. The molecule has 2 saturated heterocycles. The highest BCUT2D eigenvalue weighted by molar-refractivity contribution is 5.91. The summed E-state index contributed by atoms with van der Waals surface area (Å²) in [6.07, 6.45) is 5.25. The Morgan fingerprint density at radius 1 is 1.15 bits per heavy atom. The number of aromatic nitrogens is 3. The average molecular weight is 277 g/mol. The molecule has 2 fully saturated rings. The van der Waals surface area contributed by atoms with E-state index in [-0.39, 0.29) is 23.6 Å². The zero-order valence-electron chi connectivity index (χ0n) is 11.4. The zero-order chi connectivity index (χ0) is 13.9. The Balaban J connectivity index is 1.64. The highest BCUT2D eigenvalue weighted by atomic mass is 16.2. The van der Waals surface area contributed by atoms with E-state index in [4.69, 9.17) is 0 Å². The van der Waals surface area contributed by atoms with Crippen molar-refractivity contribution in [3.8, 4) is 0 Å². The van der Waals surface area contributed by atoms with Crippen LogP contribution in [0.3, 0.4) is 0 Å². The molecule has 1 aromatic rings. The van der Waals surface area contributed by atoms with E-state index in [1.54, 1.807) is 4.90 Å². The van der Waals surface area contributed by atoms with Crippen molar-refractivity contribution in [3.63, 3.8) is 0 Å². The van der Waals surface area contributed by atoms with Gasteiger partial charge in [-0.25, -0.2) is 4.98 Å². The minimum atomic E-state index is -0.165. The maximum absolute atomic E-state index is 12.4. The first-order valence-corrected chi connectivity index (χ1v) is 7.19. The van der Waals surface area contributed by atoms with Crippen molar-refractivity contribution >= 4 is 11.8 Å². The normalized spacial score (nSPS) is 23.1. The van der Waals surface area contributed by atoms with Crippen LogP contribution in [0.4, 0.5) is 0 Å². The van der Waals surface area contributed by atoms with Crippen molar-refractivity contribution in [2.24, 2.45) is 5.92 Å². The molecule has 0 radical (unpaired) electrons. The number of hydrogen-bond donors (Lipinski definition) is 1. The van der Waals surface area contributed by atoms with Crippen LogP contribution in [0, 0.1) is 5.92 Å². The summed E-state index contributed by atoms with van der Waals surface area (Å²) in [5.74, 6) is 0.229. The molecule has 1 aromatic heterocycles. The fourth-order valence-electron chi connectivity index (χ4n) is 3.02. The highest BCUT2D eigenvalue weighted by Gasteiger charge is 2.33. The molecule has 0 bridgehead atoms. The second-order valence-electron chi connectivity index (χ2n) is 5.46. The highest BCUT2D eigenvalue weighted by Crippen LogP contribution is 2.22. The van der Waals surface area contributed by atoms with Gasteiger partial charge in [-0.3, -0.25) is 14.7 Å². The van der Waals surface area contributed by atoms with Gasteiger partial charge < -0.3 is 9.80 Å². The number of aromatic amines is 1. The van der Waals surface area contributed by atoms with Crippen molar-refractivity contribution in [1.82, 2.24) is 25.0 Å².